The first-order valence-electron chi connectivity index (χ1n) is 10.2. The first-order valence-corrected chi connectivity index (χ1v) is 10.2. The molecule has 2 aliphatic rings. The van der Waals surface area contributed by atoms with Crippen LogP contribution in [-0.2, 0) is 16.1 Å². The number of carbonyl (C=O) groups is 2. The van der Waals surface area contributed by atoms with Gasteiger partial charge < -0.3 is 19.9 Å². The Balaban J connectivity index is 1.41. The first kappa shape index (κ1) is 20.3. The molecule has 0 aromatic heterocycles. The number of carbonyl (C=O) groups excluding carboxylic acids is 2. The van der Waals surface area contributed by atoms with Gasteiger partial charge in [-0.15, -0.1) is 0 Å². The molecule has 2 aliphatic heterocycles. The van der Waals surface area contributed by atoms with Crippen LogP contribution >= 0.6 is 0 Å². The molecule has 30 heavy (non-hydrogen) atoms. The van der Waals surface area contributed by atoms with E-state index >= 15 is 0 Å². The van der Waals surface area contributed by atoms with E-state index in [0.29, 0.717) is 38.2 Å². The SMILES string of the molecule is COC1C(=O)N(c2cccc(F)c2)C12CCN(C(=O)NCc1ccc(C)cc1)CC2. The number of piperidine rings is 1. The second-order valence-corrected chi connectivity index (χ2v) is 8.00. The molecule has 158 valence electrons. The van der Waals surface area contributed by atoms with Gasteiger partial charge in [-0.05, 0) is 43.5 Å². The fourth-order valence-electron chi connectivity index (χ4n) is 4.52. The quantitative estimate of drug-likeness (QED) is 0.786. The van der Waals surface area contributed by atoms with Crippen molar-refractivity contribution in [1.29, 1.82) is 0 Å². The van der Waals surface area contributed by atoms with Gasteiger partial charge in [-0.25, -0.2) is 9.18 Å². The zero-order valence-corrected chi connectivity index (χ0v) is 17.2. The van der Waals surface area contributed by atoms with Gasteiger partial charge in [0, 0.05) is 32.4 Å². The van der Waals surface area contributed by atoms with E-state index in [1.165, 1.54) is 24.8 Å². The average Bonchev–Trinajstić information content (AvgIpc) is 2.74. The Bertz CT molecular complexity index is 939. The maximum Gasteiger partial charge on any atom is 0.317 e. The van der Waals surface area contributed by atoms with Crippen molar-refractivity contribution >= 4 is 17.6 Å². The summed E-state index contributed by atoms with van der Waals surface area (Å²) in [5.74, 6) is -0.551. The van der Waals surface area contributed by atoms with Crippen LogP contribution < -0.4 is 10.2 Å². The van der Waals surface area contributed by atoms with Crippen molar-refractivity contribution in [2.75, 3.05) is 25.1 Å². The summed E-state index contributed by atoms with van der Waals surface area (Å²) in [6.07, 6.45) is 0.579. The number of hydrogen-bond donors (Lipinski definition) is 1. The van der Waals surface area contributed by atoms with Crippen molar-refractivity contribution in [3.8, 4) is 0 Å². The number of likely N-dealkylation sites (tertiary alicyclic amines) is 1. The van der Waals surface area contributed by atoms with E-state index < -0.39 is 11.6 Å². The zero-order valence-electron chi connectivity index (χ0n) is 17.2. The van der Waals surface area contributed by atoms with Crippen LogP contribution in [0.4, 0.5) is 14.9 Å². The predicted octanol–water partition coefficient (Wildman–Crippen LogP) is 3.24. The summed E-state index contributed by atoms with van der Waals surface area (Å²) in [6.45, 7) is 3.49. The number of ether oxygens (including phenoxy) is 1. The fraction of sp³-hybridized carbons (Fsp3) is 0.391. The Morgan fingerprint density at radius 2 is 1.90 bits per heavy atom. The second-order valence-electron chi connectivity index (χ2n) is 8.00. The van der Waals surface area contributed by atoms with E-state index in [4.69, 9.17) is 4.74 Å². The number of methoxy groups -OCH3 is 1. The van der Waals surface area contributed by atoms with Crippen molar-refractivity contribution < 1.29 is 18.7 Å². The number of nitrogens with one attached hydrogen (secondary N) is 1. The van der Waals surface area contributed by atoms with Crippen molar-refractivity contribution in [3.05, 3.63) is 65.5 Å². The van der Waals surface area contributed by atoms with Crippen LogP contribution in [0.2, 0.25) is 0 Å². The topological polar surface area (TPSA) is 61.9 Å². The number of hydrogen-bond acceptors (Lipinski definition) is 3. The number of aryl methyl sites for hydroxylation is 1. The molecule has 2 fully saturated rings. The summed E-state index contributed by atoms with van der Waals surface area (Å²) < 4.78 is 19.2. The summed E-state index contributed by atoms with van der Waals surface area (Å²) in [5, 5.41) is 2.96. The summed E-state index contributed by atoms with van der Waals surface area (Å²) >= 11 is 0. The lowest BCUT2D eigenvalue weighted by atomic mass is 9.72. The van der Waals surface area contributed by atoms with E-state index in [0.717, 1.165) is 5.56 Å². The fourth-order valence-corrected chi connectivity index (χ4v) is 4.52. The van der Waals surface area contributed by atoms with Gasteiger partial charge in [0.05, 0.1) is 5.54 Å². The first-order chi connectivity index (χ1) is 14.4. The number of anilines is 1. The average molecular weight is 411 g/mol. The molecular formula is C23H26FN3O3. The van der Waals surface area contributed by atoms with Crippen LogP contribution in [0.5, 0.6) is 0 Å². The van der Waals surface area contributed by atoms with Gasteiger partial charge in [-0.3, -0.25) is 4.79 Å². The van der Waals surface area contributed by atoms with Gasteiger partial charge in [-0.1, -0.05) is 35.9 Å². The molecule has 1 N–H and O–H groups in total. The highest BCUT2D eigenvalue weighted by Crippen LogP contribution is 2.45. The Hall–Kier alpha value is -2.93. The van der Waals surface area contributed by atoms with Crippen molar-refractivity contribution in [2.24, 2.45) is 0 Å². The van der Waals surface area contributed by atoms with E-state index in [1.54, 1.807) is 21.9 Å². The molecule has 2 aromatic carbocycles. The lowest BCUT2D eigenvalue weighted by Gasteiger charge is -2.59. The predicted molar refractivity (Wildman–Crippen MR) is 112 cm³/mol. The summed E-state index contributed by atoms with van der Waals surface area (Å²) in [4.78, 5) is 28.7. The molecular weight excluding hydrogens is 385 g/mol. The van der Waals surface area contributed by atoms with Crippen molar-refractivity contribution in [1.82, 2.24) is 10.2 Å². The standard InChI is InChI=1S/C23H26FN3O3/c1-16-6-8-17(9-7-16)15-25-22(29)26-12-10-23(11-13-26)20(30-2)21(28)27(23)19-5-3-4-18(24)14-19/h3-9,14,20H,10-13,15H2,1-2H3,(H,25,29). The Labute approximate surface area is 175 Å². The zero-order chi connectivity index (χ0) is 21.3. The largest absolute Gasteiger partial charge is 0.369 e. The van der Waals surface area contributed by atoms with Crippen molar-refractivity contribution in [2.45, 2.75) is 38.0 Å². The Morgan fingerprint density at radius 1 is 1.20 bits per heavy atom. The minimum Gasteiger partial charge on any atom is -0.369 e. The number of nitrogens with zero attached hydrogens (tertiary/aromatic N) is 2. The molecule has 0 bridgehead atoms. The number of rotatable bonds is 4. The van der Waals surface area contributed by atoms with Gasteiger partial charge in [0.1, 0.15) is 5.82 Å². The van der Waals surface area contributed by atoms with Crippen LogP contribution in [0, 0.1) is 12.7 Å². The molecule has 1 spiro atoms. The third-order valence-electron chi connectivity index (χ3n) is 6.16. The lowest BCUT2D eigenvalue weighted by Crippen LogP contribution is -2.78. The monoisotopic (exact) mass is 411 g/mol. The van der Waals surface area contributed by atoms with Gasteiger partial charge in [0.15, 0.2) is 6.10 Å². The second kappa shape index (κ2) is 8.07. The highest BCUT2D eigenvalue weighted by Gasteiger charge is 2.62. The van der Waals surface area contributed by atoms with Crippen LogP contribution in [0.3, 0.4) is 0 Å². The number of benzene rings is 2. The van der Waals surface area contributed by atoms with Crippen LogP contribution in [0.1, 0.15) is 24.0 Å². The van der Waals surface area contributed by atoms with E-state index in [-0.39, 0.29) is 17.8 Å². The molecule has 2 saturated heterocycles. The smallest absolute Gasteiger partial charge is 0.317 e. The molecule has 0 aliphatic carbocycles. The normalized spacial score (nSPS) is 20.2. The molecule has 4 rings (SSSR count). The molecule has 2 aromatic rings. The third kappa shape index (κ3) is 3.54. The Kier molecular flexibility index (Phi) is 5.47. The minimum atomic E-state index is -0.571. The highest BCUT2D eigenvalue weighted by molar-refractivity contribution is 6.06. The molecule has 0 radical (unpaired) electrons. The number of halogens is 1. The Morgan fingerprint density at radius 3 is 2.53 bits per heavy atom. The molecule has 1 unspecified atom stereocenters. The maximum absolute atomic E-state index is 13.7. The van der Waals surface area contributed by atoms with Crippen LogP contribution in [0.25, 0.3) is 0 Å². The van der Waals surface area contributed by atoms with Crippen LogP contribution in [0.15, 0.2) is 48.5 Å². The van der Waals surface area contributed by atoms with Crippen molar-refractivity contribution in [3.63, 3.8) is 0 Å². The molecule has 3 amide bonds. The number of β-lactam (4-membered cyclic amide) rings is 1. The molecule has 7 heteroatoms. The minimum absolute atomic E-state index is 0.123. The van der Waals surface area contributed by atoms with Gasteiger partial charge >= 0.3 is 6.03 Å². The van der Waals surface area contributed by atoms with Gasteiger partial charge in [0.2, 0.25) is 0 Å². The summed E-state index contributed by atoms with van der Waals surface area (Å²) in [7, 11) is 1.52. The number of urea groups is 1. The maximum atomic E-state index is 13.7. The molecule has 2 heterocycles. The molecule has 1 atom stereocenters. The summed E-state index contributed by atoms with van der Waals surface area (Å²) in [6, 6.07) is 14.0. The third-order valence-corrected chi connectivity index (χ3v) is 6.16. The van der Waals surface area contributed by atoms with Crippen LogP contribution in [-0.4, -0.2) is 48.7 Å². The van der Waals surface area contributed by atoms with E-state index in [2.05, 4.69) is 5.32 Å². The van der Waals surface area contributed by atoms with E-state index in [1.807, 2.05) is 31.2 Å². The number of amides is 3. The summed E-state index contributed by atoms with van der Waals surface area (Å²) in [5.41, 5.74) is 2.21. The molecule has 0 saturated carbocycles. The lowest BCUT2D eigenvalue weighted by molar-refractivity contribution is -0.150. The van der Waals surface area contributed by atoms with E-state index in [9.17, 15) is 14.0 Å². The van der Waals surface area contributed by atoms with Gasteiger partial charge in [0.25, 0.3) is 5.91 Å². The van der Waals surface area contributed by atoms with Gasteiger partial charge in [-0.2, -0.15) is 0 Å². The molecule has 6 nitrogen and oxygen atoms in total. The highest BCUT2D eigenvalue weighted by atomic mass is 19.1.